The van der Waals surface area contributed by atoms with Gasteiger partial charge in [0.05, 0.1) is 0 Å². The average molecular weight is 358 g/mol. The number of aliphatic hydroxyl groups is 1. The standard InChI is InChI=1S/C18H21F3O4/c1-9(2)17(5)15(22)14(16(23)25-17)13-10(3)6-12(7-11(13)4)24-8-18(19,20)21/h6-7,9,22H,8H2,1-5H3. The van der Waals surface area contributed by atoms with Crippen molar-refractivity contribution in [3.63, 3.8) is 0 Å². The maximum absolute atomic E-state index is 12.3. The highest BCUT2D eigenvalue weighted by Crippen LogP contribution is 2.43. The molecular formula is C18H21F3O4. The normalized spacial score (nSPS) is 21.1. The van der Waals surface area contributed by atoms with Gasteiger partial charge in [-0.1, -0.05) is 13.8 Å². The Labute approximate surface area is 144 Å². The van der Waals surface area contributed by atoms with Gasteiger partial charge in [-0.25, -0.2) is 4.79 Å². The Bertz CT molecular complexity index is 711. The van der Waals surface area contributed by atoms with Gasteiger partial charge in [-0.05, 0) is 49.6 Å². The first kappa shape index (κ1) is 19.1. The summed E-state index contributed by atoms with van der Waals surface area (Å²) in [5.41, 5.74) is 0.406. The number of hydrogen-bond donors (Lipinski definition) is 1. The van der Waals surface area contributed by atoms with E-state index in [4.69, 9.17) is 9.47 Å². The van der Waals surface area contributed by atoms with Crippen molar-refractivity contribution < 1.29 is 32.5 Å². The molecule has 0 saturated carbocycles. The first-order chi connectivity index (χ1) is 11.4. The lowest BCUT2D eigenvalue weighted by Crippen LogP contribution is -2.34. The number of aliphatic hydroxyl groups excluding tert-OH is 1. The molecule has 1 aliphatic heterocycles. The Hall–Kier alpha value is -2.18. The Kier molecular flexibility index (Phi) is 4.81. The number of aryl methyl sites for hydroxylation is 2. The molecule has 0 spiro atoms. The average Bonchev–Trinajstić information content (AvgIpc) is 2.68. The van der Waals surface area contributed by atoms with Crippen molar-refractivity contribution >= 4 is 11.5 Å². The number of hydrogen-bond acceptors (Lipinski definition) is 4. The molecule has 1 aliphatic rings. The molecule has 1 aromatic carbocycles. The number of benzene rings is 1. The number of carbonyl (C=O) groups excluding carboxylic acids is 1. The third-order valence-corrected chi connectivity index (χ3v) is 4.48. The largest absolute Gasteiger partial charge is 0.507 e. The van der Waals surface area contributed by atoms with Crippen LogP contribution in [0.5, 0.6) is 5.75 Å². The lowest BCUT2D eigenvalue weighted by atomic mass is 9.87. The highest BCUT2D eigenvalue weighted by Gasteiger charge is 2.47. The second-order valence-electron chi connectivity index (χ2n) is 6.71. The zero-order valence-corrected chi connectivity index (χ0v) is 14.7. The number of carbonyl (C=O) groups is 1. The number of alkyl halides is 3. The van der Waals surface area contributed by atoms with Crippen LogP contribution in [0.2, 0.25) is 0 Å². The first-order valence-corrected chi connectivity index (χ1v) is 7.85. The highest BCUT2D eigenvalue weighted by atomic mass is 19.4. The van der Waals surface area contributed by atoms with Gasteiger partial charge >= 0.3 is 12.1 Å². The minimum Gasteiger partial charge on any atom is -0.507 e. The Morgan fingerprint density at radius 2 is 1.76 bits per heavy atom. The van der Waals surface area contributed by atoms with E-state index < -0.39 is 24.4 Å². The van der Waals surface area contributed by atoms with Crippen molar-refractivity contribution in [2.75, 3.05) is 6.61 Å². The monoisotopic (exact) mass is 358 g/mol. The van der Waals surface area contributed by atoms with Gasteiger partial charge in [0.25, 0.3) is 0 Å². The molecule has 0 aliphatic carbocycles. The molecule has 0 fully saturated rings. The molecule has 1 N–H and O–H groups in total. The molecule has 0 radical (unpaired) electrons. The molecule has 1 unspecified atom stereocenters. The summed E-state index contributed by atoms with van der Waals surface area (Å²) in [5, 5.41) is 10.6. The third kappa shape index (κ3) is 3.60. The van der Waals surface area contributed by atoms with Gasteiger partial charge in [0.1, 0.15) is 11.3 Å². The van der Waals surface area contributed by atoms with Crippen LogP contribution in [0.4, 0.5) is 13.2 Å². The summed E-state index contributed by atoms with van der Waals surface area (Å²) in [4.78, 5) is 12.3. The van der Waals surface area contributed by atoms with Gasteiger partial charge < -0.3 is 14.6 Å². The molecular weight excluding hydrogens is 337 g/mol. The molecule has 138 valence electrons. The summed E-state index contributed by atoms with van der Waals surface area (Å²) in [7, 11) is 0. The van der Waals surface area contributed by atoms with E-state index in [2.05, 4.69) is 0 Å². The van der Waals surface area contributed by atoms with Crippen LogP contribution < -0.4 is 4.74 Å². The van der Waals surface area contributed by atoms with Crippen LogP contribution in [0.25, 0.3) is 5.57 Å². The van der Waals surface area contributed by atoms with Crippen molar-refractivity contribution in [3.8, 4) is 5.75 Å². The van der Waals surface area contributed by atoms with E-state index in [1.807, 2.05) is 13.8 Å². The van der Waals surface area contributed by atoms with Crippen LogP contribution in [-0.4, -0.2) is 29.5 Å². The van der Waals surface area contributed by atoms with Gasteiger partial charge in [0, 0.05) is 5.92 Å². The number of esters is 1. The van der Waals surface area contributed by atoms with E-state index in [0.717, 1.165) is 0 Å². The Morgan fingerprint density at radius 3 is 2.16 bits per heavy atom. The zero-order chi connectivity index (χ0) is 19.2. The molecule has 0 saturated heterocycles. The number of halogens is 3. The molecule has 0 aromatic heterocycles. The smallest absolute Gasteiger partial charge is 0.422 e. The number of rotatable bonds is 4. The van der Waals surface area contributed by atoms with Gasteiger partial charge in [-0.2, -0.15) is 13.2 Å². The SMILES string of the molecule is Cc1cc(OCC(F)(F)F)cc(C)c1C1=C(O)C(C)(C(C)C)OC1=O. The number of cyclic esters (lactones) is 1. The third-order valence-electron chi connectivity index (χ3n) is 4.48. The molecule has 2 rings (SSSR count). The van der Waals surface area contributed by atoms with E-state index in [9.17, 15) is 23.1 Å². The lowest BCUT2D eigenvalue weighted by Gasteiger charge is -2.27. The van der Waals surface area contributed by atoms with Crippen LogP contribution in [0.15, 0.2) is 17.9 Å². The molecule has 1 atom stereocenters. The molecule has 1 aromatic rings. The van der Waals surface area contributed by atoms with Crippen LogP contribution >= 0.6 is 0 Å². The lowest BCUT2D eigenvalue weighted by molar-refractivity contribution is -0.153. The number of ether oxygens (including phenoxy) is 2. The highest BCUT2D eigenvalue weighted by molar-refractivity contribution is 6.20. The Morgan fingerprint density at radius 1 is 1.24 bits per heavy atom. The topological polar surface area (TPSA) is 55.8 Å². The van der Waals surface area contributed by atoms with Crippen molar-refractivity contribution in [3.05, 3.63) is 34.6 Å². The van der Waals surface area contributed by atoms with E-state index in [1.54, 1.807) is 20.8 Å². The fraction of sp³-hybridized carbons (Fsp3) is 0.500. The summed E-state index contributed by atoms with van der Waals surface area (Å²) in [6, 6.07) is 2.82. The minimum atomic E-state index is -4.43. The van der Waals surface area contributed by atoms with E-state index >= 15 is 0 Å². The minimum absolute atomic E-state index is 0.0496. The van der Waals surface area contributed by atoms with Crippen molar-refractivity contribution in [2.45, 2.75) is 46.4 Å². The van der Waals surface area contributed by atoms with Gasteiger partial charge in [0.2, 0.25) is 0 Å². The van der Waals surface area contributed by atoms with Gasteiger partial charge in [-0.3, -0.25) is 0 Å². The summed E-state index contributed by atoms with van der Waals surface area (Å²) in [6.07, 6.45) is -4.43. The fourth-order valence-corrected chi connectivity index (χ4v) is 2.82. The van der Waals surface area contributed by atoms with E-state index in [1.165, 1.54) is 12.1 Å². The summed E-state index contributed by atoms with van der Waals surface area (Å²) >= 11 is 0. The predicted octanol–water partition coefficient (Wildman–Crippen LogP) is 4.49. The Balaban J connectivity index is 2.47. The second-order valence-corrected chi connectivity index (χ2v) is 6.71. The molecule has 7 heteroatoms. The molecule has 4 nitrogen and oxygen atoms in total. The molecule has 25 heavy (non-hydrogen) atoms. The van der Waals surface area contributed by atoms with Gasteiger partial charge in [0.15, 0.2) is 18.0 Å². The summed E-state index contributed by atoms with van der Waals surface area (Å²) in [5.74, 6) is -0.912. The van der Waals surface area contributed by atoms with Crippen molar-refractivity contribution in [1.82, 2.24) is 0 Å². The fourth-order valence-electron chi connectivity index (χ4n) is 2.82. The van der Waals surface area contributed by atoms with Crippen LogP contribution in [0, 0.1) is 19.8 Å². The maximum atomic E-state index is 12.3. The van der Waals surface area contributed by atoms with Crippen LogP contribution in [-0.2, 0) is 9.53 Å². The molecule has 0 amide bonds. The van der Waals surface area contributed by atoms with E-state index in [-0.39, 0.29) is 23.0 Å². The van der Waals surface area contributed by atoms with E-state index in [0.29, 0.717) is 16.7 Å². The van der Waals surface area contributed by atoms with Crippen molar-refractivity contribution in [2.24, 2.45) is 5.92 Å². The molecule has 1 heterocycles. The molecule has 0 bridgehead atoms. The van der Waals surface area contributed by atoms with Crippen molar-refractivity contribution in [1.29, 1.82) is 0 Å². The van der Waals surface area contributed by atoms with Crippen LogP contribution in [0.3, 0.4) is 0 Å². The zero-order valence-electron chi connectivity index (χ0n) is 14.7. The first-order valence-electron chi connectivity index (χ1n) is 7.85. The summed E-state index contributed by atoms with van der Waals surface area (Å²) < 4.78 is 47.1. The predicted molar refractivity (Wildman–Crippen MR) is 86.3 cm³/mol. The van der Waals surface area contributed by atoms with Gasteiger partial charge in [-0.15, -0.1) is 0 Å². The second kappa shape index (κ2) is 6.28. The maximum Gasteiger partial charge on any atom is 0.422 e. The summed E-state index contributed by atoms with van der Waals surface area (Å²) in [6.45, 7) is 7.15. The van der Waals surface area contributed by atoms with Crippen LogP contribution in [0.1, 0.15) is 37.5 Å². The quantitative estimate of drug-likeness (QED) is 0.806.